The van der Waals surface area contributed by atoms with E-state index >= 15 is 0 Å². The minimum Gasteiger partial charge on any atom is -0.449 e. The first-order valence-corrected chi connectivity index (χ1v) is 8.69. The third-order valence-electron chi connectivity index (χ3n) is 3.14. The Kier molecular flexibility index (Phi) is 6.83. The van der Waals surface area contributed by atoms with Gasteiger partial charge in [-0.05, 0) is 26.0 Å². The molecule has 0 fully saturated rings. The number of aryl methyl sites for hydroxylation is 1. The van der Waals surface area contributed by atoms with Gasteiger partial charge in [0, 0.05) is 18.0 Å². The average Bonchev–Trinajstić information content (AvgIpc) is 3.02. The second-order valence-corrected chi connectivity index (χ2v) is 6.42. The maximum Gasteiger partial charge on any atom is 0.405 e. The summed E-state index contributed by atoms with van der Waals surface area (Å²) >= 11 is 1.21. The predicted octanol–water partition coefficient (Wildman–Crippen LogP) is 2.89. The largest absolute Gasteiger partial charge is 0.449 e. The van der Waals surface area contributed by atoms with Crippen LogP contribution in [0.2, 0.25) is 0 Å². The first kappa shape index (κ1) is 20.7. The normalized spacial score (nSPS) is 12.5. The Morgan fingerprint density at radius 1 is 1.41 bits per heavy atom. The summed E-state index contributed by atoms with van der Waals surface area (Å²) in [6.45, 7) is 1.43. The maximum atomic E-state index is 12.3. The van der Waals surface area contributed by atoms with Gasteiger partial charge in [0.15, 0.2) is 6.10 Å². The van der Waals surface area contributed by atoms with Crippen LogP contribution in [0.3, 0.4) is 0 Å². The molecule has 27 heavy (non-hydrogen) atoms. The summed E-state index contributed by atoms with van der Waals surface area (Å²) in [6, 6.07) is 4.70. The van der Waals surface area contributed by atoms with E-state index < -0.39 is 30.7 Å². The van der Waals surface area contributed by atoms with Crippen molar-refractivity contribution in [2.45, 2.75) is 36.9 Å². The molecule has 2 rings (SSSR count). The van der Waals surface area contributed by atoms with Crippen molar-refractivity contribution in [2.24, 2.45) is 0 Å². The lowest BCUT2D eigenvalue weighted by atomic mass is 10.3. The van der Waals surface area contributed by atoms with E-state index in [1.807, 2.05) is 0 Å². The second-order valence-electron chi connectivity index (χ2n) is 5.45. The van der Waals surface area contributed by atoms with Gasteiger partial charge in [0.1, 0.15) is 17.3 Å². The van der Waals surface area contributed by atoms with E-state index in [4.69, 9.17) is 9.26 Å². The van der Waals surface area contributed by atoms with Gasteiger partial charge in [-0.2, -0.15) is 13.2 Å². The van der Waals surface area contributed by atoms with Gasteiger partial charge >= 0.3 is 12.1 Å². The summed E-state index contributed by atoms with van der Waals surface area (Å²) in [5.41, 5.74) is 0.751. The van der Waals surface area contributed by atoms with Crippen molar-refractivity contribution >= 4 is 23.6 Å². The molecule has 0 saturated heterocycles. The van der Waals surface area contributed by atoms with E-state index in [2.05, 4.69) is 10.1 Å². The summed E-state index contributed by atoms with van der Waals surface area (Å²) in [7, 11) is 0. The molecule has 0 unspecified atom stereocenters. The molecule has 7 nitrogen and oxygen atoms in total. The lowest BCUT2D eigenvalue weighted by molar-refractivity contribution is -0.143. The molecule has 1 N–H and O–H groups in total. The van der Waals surface area contributed by atoms with Gasteiger partial charge < -0.3 is 14.6 Å². The number of amides is 1. The van der Waals surface area contributed by atoms with Gasteiger partial charge in [0.25, 0.3) is 5.91 Å². The number of carbonyl (C=O) groups is 2. The summed E-state index contributed by atoms with van der Waals surface area (Å²) in [6.07, 6.45) is -4.46. The fraction of sp³-hybridized carbons (Fsp3) is 0.375. The number of nitrogens with one attached hydrogen (secondary N) is 1. The van der Waals surface area contributed by atoms with E-state index in [0.29, 0.717) is 22.2 Å². The molecule has 0 aliphatic carbocycles. The number of hydrogen-bond acceptors (Lipinski definition) is 7. The minimum atomic E-state index is -4.55. The fourth-order valence-corrected chi connectivity index (χ4v) is 2.76. The highest BCUT2D eigenvalue weighted by molar-refractivity contribution is 7.98. The molecule has 1 atom stereocenters. The van der Waals surface area contributed by atoms with Crippen LogP contribution in [0.25, 0.3) is 0 Å². The van der Waals surface area contributed by atoms with Crippen LogP contribution in [-0.4, -0.2) is 40.8 Å². The Labute approximate surface area is 156 Å². The monoisotopic (exact) mass is 403 g/mol. The highest BCUT2D eigenvalue weighted by Crippen LogP contribution is 2.25. The molecule has 0 aromatic carbocycles. The van der Waals surface area contributed by atoms with Gasteiger partial charge in [0.2, 0.25) is 0 Å². The summed E-state index contributed by atoms with van der Waals surface area (Å²) in [5.74, 6) is -0.880. The number of hydrogen-bond donors (Lipinski definition) is 1. The van der Waals surface area contributed by atoms with Crippen LogP contribution in [0, 0.1) is 6.92 Å². The number of thioether (sulfide) groups is 1. The summed E-state index contributed by atoms with van der Waals surface area (Å²) < 4.78 is 46.3. The lowest BCUT2D eigenvalue weighted by Crippen LogP contribution is -2.40. The molecule has 0 radical (unpaired) electrons. The van der Waals surface area contributed by atoms with Crippen molar-refractivity contribution in [2.75, 3.05) is 6.54 Å². The number of pyridine rings is 1. The van der Waals surface area contributed by atoms with Crippen LogP contribution in [-0.2, 0) is 15.3 Å². The van der Waals surface area contributed by atoms with E-state index in [9.17, 15) is 22.8 Å². The third-order valence-corrected chi connectivity index (χ3v) is 4.18. The Balaban J connectivity index is 1.98. The zero-order valence-corrected chi connectivity index (χ0v) is 15.2. The van der Waals surface area contributed by atoms with Crippen LogP contribution < -0.4 is 5.32 Å². The number of esters is 1. The Morgan fingerprint density at radius 2 is 2.15 bits per heavy atom. The van der Waals surface area contributed by atoms with Gasteiger partial charge in [-0.15, -0.1) is 0 Å². The predicted molar refractivity (Wildman–Crippen MR) is 89.0 cm³/mol. The minimum absolute atomic E-state index is 0.0955. The first-order chi connectivity index (χ1) is 12.7. The molecule has 2 aromatic rings. The number of alkyl halides is 3. The van der Waals surface area contributed by atoms with E-state index in [0.717, 1.165) is 0 Å². The first-order valence-electron chi connectivity index (χ1n) is 7.71. The molecule has 146 valence electrons. The van der Waals surface area contributed by atoms with Crippen molar-refractivity contribution in [3.05, 3.63) is 41.4 Å². The average molecular weight is 403 g/mol. The number of aromatic nitrogens is 2. The van der Waals surface area contributed by atoms with Gasteiger partial charge in [-0.3, -0.25) is 4.79 Å². The zero-order chi connectivity index (χ0) is 20.0. The Hall–Kier alpha value is -2.56. The van der Waals surface area contributed by atoms with Crippen molar-refractivity contribution in [1.29, 1.82) is 0 Å². The van der Waals surface area contributed by atoms with E-state index in [-0.39, 0.29) is 5.56 Å². The van der Waals surface area contributed by atoms with Crippen molar-refractivity contribution < 1.29 is 32.0 Å². The maximum absolute atomic E-state index is 12.3. The van der Waals surface area contributed by atoms with Crippen LogP contribution in [0.5, 0.6) is 0 Å². The molecule has 0 spiro atoms. The van der Waals surface area contributed by atoms with Crippen molar-refractivity contribution in [3.8, 4) is 0 Å². The van der Waals surface area contributed by atoms with Gasteiger partial charge in [0.05, 0.1) is 11.3 Å². The summed E-state index contributed by atoms with van der Waals surface area (Å²) in [5, 5.41) is 5.83. The van der Waals surface area contributed by atoms with Gasteiger partial charge in [-0.1, -0.05) is 16.9 Å². The third kappa shape index (κ3) is 6.59. The second kappa shape index (κ2) is 8.89. The van der Waals surface area contributed by atoms with Crippen molar-refractivity contribution in [1.82, 2.24) is 15.5 Å². The van der Waals surface area contributed by atoms with Crippen LogP contribution in [0.15, 0.2) is 33.9 Å². The van der Waals surface area contributed by atoms with E-state index in [1.165, 1.54) is 37.0 Å². The van der Waals surface area contributed by atoms with Crippen LogP contribution >= 0.6 is 11.8 Å². The fourth-order valence-electron chi connectivity index (χ4n) is 1.90. The Bertz CT molecular complexity index is 810. The topological polar surface area (TPSA) is 94.3 Å². The van der Waals surface area contributed by atoms with Gasteiger partial charge in [-0.25, -0.2) is 9.78 Å². The molecule has 11 heteroatoms. The molecular weight excluding hydrogens is 387 g/mol. The number of carbonyl (C=O) groups excluding carboxylic acids is 2. The Morgan fingerprint density at radius 3 is 2.78 bits per heavy atom. The number of halogens is 3. The van der Waals surface area contributed by atoms with E-state index in [1.54, 1.807) is 18.3 Å². The number of nitrogens with zero attached hydrogens (tertiary/aromatic N) is 2. The molecule has 1 amide bonds. The smallest absolute Gasteiger partial charge is 0.405 e. The molecule has 0 bridgehead atoms. The summed E-state index contributed by atoms with van der Waals surface area (Å²) in [4.78, 5) is 28.0. The number of rotatable bonds is 7. The standard InChI is InChI=1S/C16H16F3N3O4S/c1-9-6-11(22-26-9)7-27-14-12(4-3-5-20-14)15(24)25-10(2)13(23)21-8-16(17,18)19/h3-6,10H,7-8H2,1-2H3,(H,21,23)/t10-/m1/s1. The van der Waals surface area contributed by atoms with Crippen LogP contribution in [0.4, 0.5) is 13.2 Å². The highest BCUT2D eigenvalue weighted by atomic mass is 32.2. The molecule has 2 heterocycles. The van der Waals surface area contributed by atoms with Crippen molar-refractivity contribution in [3.63, 3.8) is 0 Å². The van der Waals surface area contributed by atoms with Crippen LogP contribution in [0.1, 0.15) is 28.7 Å². The quantitative estimate of drug-likeness (QED) is 0.561. The molecule has 0 aliphatic rings. The molecule has 0 saturated carbocycles. The lowest BCUT2D eigenvalue weighted by Gasteiger charge is -2.15. The molecular formula is C16H16F3N3O4S. The SMILES string of the molecule is Cc1cc(CSc2ncccc2C(=O)O[C@H](C)C(=O)NCC(F)(F)F)no1. The highest BCUT2D eigenvalue weighted by Gasteiger charge is 2.30. The zero-order valence-electron chi connectivity index (χ0n) is 14.4. The molecule has 2 aromatic heterocycles. The molecule has 0 aliphatic heterocycles. The number of ether oxygens (including phenoxy) is 1.